The number of nitrogens with zero attached hydrogens (tertiary/aromatic N) is 2. The summed E-state index contributed by atoms with van der Waals surface area (Å²) in [5.74, 6) is 0.552. The quantitative estimate of drug-likeness (QED) is 0.667. The maximum atomic E-state index is 12.1. The molecular formula is C18H19N3O3. The molecule has 1 amide bonds. The molecule has 1 heterocycles. The molecule has 1 aromatic rings. The van der Waals surface area contributed by atoms with Crippen molar-refractivity contribution in [2.75, 3.05) is 14.2 Å². The summed E-state index contributed by atoms with van der Waals surface area (Å²) < 4.78 is 10.1. The van der Waals surface area contributed by atoms with Crippen LogP contribution in [0.4, 0.5) is 4.79 Å². The number of alkyl carbamates (subject to hydrolysis) is 1. The summed E-state index contributed by atoms with van der Waals surface area (Å²) in [5, 5.41) is 12.2. The Morgan fingerprint density at radius 1 is 1.50 bits per heavy atom. The molecule has 0 fully saturated rings. The van der Waals surface area contributed by atoms with Crippen LogP contribution in [0.3, 0.4) is 0 Å². The molecule has 6 heteroatoms. The van der Waals surface area contributed by atoms with Crippen molar-refractivity contribution in [3.63, 3.8) is 0 Å². The second kappa shape index (κ2) is 6.00. The Morgan fingerprint density at radius 3 is 2.96 bits per heavy atom. The topological polar surface area (TPSA) is 84.2 Å². The lowest BCUT2D eigenvalue weighted by Crippen LogP contribution is -2.53. The van der Waals surface area contributed by atoms with Crippen LogP contribution in [0.5, 0.6) is 5.88 Å². The summed E-state index contributed by atoms with van der Waals surface area (Å²) in [6.07, 6.45) is 4.40. The van der Waals surface area contributed by atoms with Gasteiger partial charge in [-0.3, -0.25) is 0 Å². The smallest absolute Gasteiger partial charge is 0.407 e. The summed E-state index contributed by atoms with van der Waals surface area (Å²) in [6.45, 7) is 2.03. The molecule has 1 aromatic heterocycles. The second-order valence-electron chi connectivity index (χ2n) is 6.10. The first kappa shape index (κ1) is 16.1. The fourth-order valence-corrected chi connectivity index (χ4v) is 3.80. The van der Waals surface area contributed by atoms with Crippen LogP contribution in [-0.2, 0) is 16.7 Å². The third kappa shape index (κ3) is 2.42. The second-order valence-corrected chi connectivity index (χ2v) is 6.10. The van der Waals surface area contributed by atoms with E-state index in [0.717, 1.165) is 22.4 Å². The van der Waals surface area contributed by atoms with Gasteiger partial charge in [0.25, 0.3) is 0 Å². The highest BCUT2D eigenvalue weighted by atomic mass is 16.5. The van der Waals surface area contributed by atoms with Crippen molar-refractivity contribution in [2.45, 2.75) is 25.3 Å². The fourth-order valence-electron chi connectivity index (χ4n) is 3.80. The van der Waals surface area contributed by atoms with Crippen LogP contribution in [0.1, 0.15) is 24.6 Å². The Hall–Kier alpha value is -2.81. The summed E-state index contributed by atoms with van der Waals surface area (Å²) in [6, 6.07) is 5.81. The number of aromatic nitrogens is 1. The van der Waals surface area contributed by atoms with E-state index in [1.165, 1.54) is 13.2 Å². The van der Waals surface area contributed by atoms with E-state index in [4.69, 9.17) is 9.47 Å². The largest absolute Gasteiger partial charge is 0.481 e. The molecule has 0 radical (unpaired) electrons. The molecule has 0 aliphatic heterocycles. The van der Waals surface area contributed by atoms with E-state index < -0.39 is 11.6 Å². The van der Waals surface area contributed by atoms with Gasteiger partial charge in [-0.1, -0.05) is 11.6 Å². The maximum absolute atomic E-state index is 12.1. The van der Waals surface area contributed by atoms with Crippen LogP contribution in [-0.4, -0.2) is 25.3 Å². The lowest BCUT2D eigenvalue weighted by atomic mass is 9.63. The van der Waals surface area contributed by atoms with E-state index in [0.29, 0.717) is 18.7 Å². The van der Waals surface area contributed by atoms with E-state index in [1.54, 1.807) is 13.2 Å². The van der Waals surface area contributed by atoms with Gasteiger partial charge in [0.05, 0.1) is 31.5 Å². The molecule has 3 rings (SSSR count). The minimum absolute atomic E-state index is 0.0164. The molecule has 124 valence electrons. The Bertz CT molecular complexity index is 791. The molecule has 0 saturated carbocycles. The van der Waals surface area contributed by atoms with Crippen molar-refractivity contribution >= 4 is 6.09 Å². The van der Waals surface area contributed by atoms with Crippen molar-refractivity contribution in [3.05, 3.63) is 46.7 Å². The molecule has 2 bridgehead atoms. The van der Waals surface area contributed by atoms with Gasteiger partial charge in [0, 0.05) is 30.0 Å². The van der Waals surface area contributed by atoms with Crippen LogP contribution < -0.4 is 10.1 Å². The molecule has 0 saturated heterocycles. The summed E-state index contributed by atoms with van der Waals surface area (Å²) in [4.78, 5) is 16.6. The van der Waals surface area contributed by atoms with Gasteiger partial charge < -0.3 is 14.8 Å². The van der Waals surface area contributed by atoms with Gasteiger partial charge >= 0.3 is 6.09 Å². The first-order chi connectivity index (χ1) is 11.5. The SMILES string of the molecule is COC(=O)N[C@]12CC(C)=C[C@H](Cc3nc(OC)ccc31)C2=CC#N. The van der Waals surface area contributed by atoms with Crippen molar-refractivity contribution in [1.82, 2.24) is 10.3 Å². The van der Waals surface area contributed by atoms with Crippen LogP contribution in [0.15, 0.2) is 35.4 Å². The standard InChI is InChI=1S/C18H19N3O3/c1-11-8-12-9-15-14(4-5-16(20-15)23-2)18(10-11,13(12)6-7-19)21-17(22)24-3/h4-6,8,12H,9-10H2,1-3H3,(H,21,22)/t12-,18+/m1/s1. The Morgan fingerprint density at radius 2 is 2.29 bits per heavy atom. The Kier molecular flexibility index (Phi) is 4.02. The number of rotatable bonds is 2. The minimum atomic E-state index is -0.806. The summed E-state index contributed by atoms with van der Waals surface area (Å²) >= 11 is 0. The summed E-state index contributed by atoms with van der Waals surface area (Å²) in [7, 11) is 2.91. The van der Waals surface area contributed by atoms with Crippen molar-refractivity contribution in [2.24, 2.45) is 5.92 Å². The predicted octanol–water partition coefficient (Wildman–Crippen LogP) is 2.61. The predicted molar refractivity (Wildman–Crippen MR) is 87.3 cm³/mol. The van der Waals surface area contributed by atoms with Crippen LogP contribution in [0.25, 0.3) is 0 Å². The van der Waals surface area contributed by atoms with Crippen LogP contribution in [0, 0.1) is 17.2 Å². The minimum Gasteiger partial charge on any atom is -0.481 e. The number of fused-ring (bicyclic) bond motifs is 4. The number of methoxy groups -OCH3 is 2. The number of allylic oxidation sites excluding steroid dienone is 2. The number of carbonyl (C=O) groups is 1. The molecule has 24 heavy (non-hydrogen) atoms. The molecule has 2 aliphatic rings. The van der Waals surface area contributed by atoms with Crippen molar-refractivity contribution in [3.8, 4) is 11.9 Å². The lowest BCUT2D eigenvalue weighted by Gasteiger charge is -2.47. The molecule has 1 N–H and O–H groups in total. The van der Waals surface area contributed by atoms with Crippen LogP contribution in [0.2, 0.25) is 0 Å². The van der Waals surface area contributed by atoms with Crippen LogP contribution >= 0.6 is 0 Å². The maximum Gasteiger partial charge on any atom is 0.407 e. The first-order valence-electron chi connectivity index (χ1n) is 7.72. The first-order valence-corrected chi connectivity index (χ1v) is 7.72. The Labute approximate surface area is 140 Å². The fraction of sp³-hybridized carbons (Fsp3) is 0.389. The number of carbonyl (C=O) groups excluding carboxylic acids is 1. The van der Waals surface area contributed by atoms with Gasteiger partial charge in [0.2, 0.25) is 5.88 Å². The number of pyridine rings is 1. The molecule has 0 unspecified atom stereocenters. The number of nitriles is 1. The Balaban J connectivity index is 2.24. The van der Waals surface area contributed by atoms with Gasteiger partial charge in [0.15, 0.2) is 0 Å². The zero-order chi connectivity index (χ0) is 17.3. The molecule has 6 nitrogen and oxygen atoms in total. The molecule has 2 aliphatic carbocycles. The zero-order valence-electron chi connectivity index (χ0n) is 13.9. The summed E-state index contributed by atoms with van der Waals surface area (Å²) in [5.41, 5.74) is 2.99. The number of ether oxygens (including phenoxy) is 2. The number of nitrogens with one attached hydrogen (secondary N) is 1. The van der Waals surface area contributed by atoms with E-state index in [9.17, 15) is 10.1 Å². The number of hydrogen-bond acceptors (Lipinski definition) is 5. The third-order valence-corrected chi connectivity index (χ3v) is 4.67. The highest BCUT2D eigenvalue weighted by Gasteiger charge is 2.48. The third-order valence-electron chi connectivity index (χ3n) is 4.67. The van der Waals surface area contributed by atoms with Crippen molar-refractivity contribution in [1.29, 1.82) is 5.26 Å². The average molecular weight is 325 g/mol. The zero-order valence-corrected chi connectivity index (χ0v) is 13.9. The highest BCUT2D eigenvalue weighted by Crippen LogP contribution is 2.49. The number of amides is 1. The van der Waals surface area contributed by atoms with Crippen molar-refractivity contribution < 1.29 is 14.3 Å². The van der Waals surface area contributed by atoms with Gasteiger partial charge in [-0.15, -0.1) is 0 Å². The average Bonchev–Trinajstić information content (AvgIpc) is 2.56. The van der Waals surface area contributed by atoms with Gasteiger partial charge in [-0.25, -0.2) is 9.78 Å². The monoisotopic (exact) mass is 325 g/mol. The van der Waals surface area contributed by atoms with E-state index in [2.05, 4.69) is 22.4 Å². The van der Waals surface area contributed by atoms with Gasteiger partial charge in [0.1, 0.15) is 0 Å². The van der Waals surface area contributed by atoms with E-state index in [-0.39, 0.29) is 5.92 Å². The highest BCUT2D eigenvalue weighted by molar-refractivity contribution is 5.71. The van der Waals surface area contributed by atoms with Gasteiger partial charge in [-0.2, -0.15) is 5.26 Å². The molecule has 0 aromatic carbocycles. The molecule has 2 atom stereocenters. The normalized spacial score (nSPS) is 26.0. The lowest BCUT2D eigenvalue weighted by molar-refractivity contribution is 0.155. The van der Waals surface area contributed by atoms with Gasteiger partial charge in [-0.05, 0) is 25.0 Å². The molecule has 0 spiro atoms. The van der Waals surface area contributed by atoms with E-state index in [1.807, 2.05) is 13.0 Å². The number of hydrogen-bond donors (Lipinski definition) is 1. The van der Waals surface area contributed by atoms with E-state index >= 15 is 0 Å². The molecular weight excluding hydrogens is 306 g/mol.